The SMILES string of the molecule is C=CC(C)[C@@]1(O)C(=O)N2C(C(=O)OCc3ccccc3)=C(COC(C)=O)CS[C@@H]21. The first-order valence-corrected chi connectivity index (χ1v) is 10.2. The molecule has 0 spiro atoms. The number of hydrogen-bond donors (Lipinski definition) is 1. The van der Waals surface area contributed by atoms with E-state index in [1.807, 2.05) is 30.3 Å². The van der Waals surface area contributed by atoms with Crippen LogP contribution in [0.5, 0.6) is 0 Å². The predicted molar refractivity (Wildman–Crippen MR) is 107 cm³/mol. The summed E-state index contributed by atoms with van der Waals surface area (Å²) in [4.78, 5) is 38.2. The molecule has 2 aliphatic heterocycles. The van der Waals surface area contributed by atoms with Crippen LogP contribution < -0.4 is 0 Å². The highest BCUT2D eigenvalue weighted by Crippen LogP contribution is 2.49. The molecule has 8 heteroatoms. The molecule has 3 atom stereocenters. The predicted octanol–water partition coefficient (Wildman–Crippen LogP) is 2.02. The molecule has 0 saturated carbocycles. The number of esters is 2. The maximum absolute atomic E-state index is 12.9. The van der Waals surface area contributed by atoms with Gasteiger partial charge < -0.3 is 14.6 Å². The van der Waals surface area contributed by atoms with Gasteiger partial charge in [0.05, 0.1) is 0 Å². The molecule has 1 fully saturated rings. The minimum absolute atomic E-state index is 0.0388. The van der Waals surface area contributed by atoms with Crippen LogP contribution in [0.1, 0.15) is 19.4 Å². The fourth-order valence-electron chi connectivity index (χ4n) is 3.31. The summed E-state index contributed by atoms with van der Waals surface area (Å²) in [6.07, 6.45) is 1.52. The number of fused-ring (bicyclic) bond motifs is 1. The van der Waals surface area contributed by atoms with Gasteiger partial charge in [-0.15, -0.1) is 18.3 Å². The number of thioether (sulfide) groups is 1. The molecule has 1 unspecified atom stereocenters. The summed E-state index contributed by atoms with van der Waals surface area (Å²) in [5.41, 5.74) is -0.320. The van der Waals surface area contributed by atoms with Gasteiger partial charge in [0.1, 0.15) is 24.3 Å². The van der Waals surface area contributed by atoms with E-state index in [1.54, 1.807) is 6.92 Å². The number of aliphatic hydroxyl groups is 1. The molecule has 0 radical (unpaired) electrons. The van der Waals surface area contributed by atoms with Gasteiger partial charge in [-0.2, -0.15) is 0 Å². The Morgan fingerprint density at radius 3 is 2.66 bits per heavy atom. The van der Waals surface area contributed by atoms with Crippen molar-refractivity contribution >= 4 is 29.6 Å². The fraction of sp³-hybridized carbons (Fsp3) is 0.381. The van der Waals surface area contributed by atoms with Gasteiger partial charge in [0.15, 0.2) is 5.60 Å². The van der Waals surface area contributed by atoms with Crippen LogP contribution in [0.15, 0.2) is 54.3 Å². The summed E-state index contributed by atoms with van der Waals surface area (Å²) in [5, 5.41) is 10.3. The van der Waals surface area contributed by atoms with E-state index in [4.69, 9.17) is 9.47 Å². The summed E-state index contributed by atoms with van der Waals surface area (Å²) in [5.74, 6) is -1.94. The topological polar surface area (TPSA) is 93.1 Å². The molecule has 2 aliphatic rings. The quantitative estimate of drug-likeness (QED) is 0.412. The molecule has 1 amide bonds. The average molecular weight is 417 g/mol. The summed E-state index contributed by atoms with van der Waals surface area (Å²) >= 11 is 1.31. The Kier molecular flexibility index (Phi) is 6.14. The number of nitrogens with zero attached hydrogens (tertiary/aromatic N) is 1. The number of rotatable bonds is 7. The maximum atomic E-state index is 12.9. The van der Waals surface area contributed by atoms with Crippen LogP contribution in [-0.2, 0) is 30.5 Å². The minimum Gasteiger partial charge on any atom is -0.461 e. The zero-order valence-electron chi connectivity index (χ0n) is 16.3. The number of hydrogen-bond acceptors (Lipinski definition) is 7. The van der Waals surface area contributed by atoms with Gasteiger partial charge in [0.25, 0.3) is 5.91 Å². The number of amides is 1. The lowest BCUT2D eigenvalue weighted by atomic mass is 9.79. The van der Waals surface area contributed by atoms with E-state index in [0.717, 1.165) is 5.56 Å². The van der Waals surface area contributed by atoms with Crippen molar-refractivity contribution in [3.05, 3.63) is 59.8 Å². The molecule has 3 rings (SSSR count). The molecule has 0 bridgehead atoms. The Labute approximate surface area is 173 Å². The van der Waals surface area contributed by atoms with Crippen LogP contribution >= 0.6 is 11.8 Å². The Hall–Kier alpha value is -2.58. The molecule has 1 saturated heterocycles. The highest BCUT2D eigenvalue weighted by molar-refractivity contribution is 8.00. The Bertz CT molecular complexity index is 867. The first kappa shape index (κ1) is 21.1. The van der Waals surface area contributed by atoms with Crippen molar-refractivity contribution in [1.29, 1.82) is 0 Å². The standard InChI is InChI=1S/C21H23NO6S/c1-4-13(2)21(26)19(25)22-17(16(11-27-14(3)23)12-29-20(21)22)18(24)28-10-15-8-6-5-7-9-15/h4-9,13,20,26H,1,10-12H2,2-3H3/t13?,20-,21-/m1/s1. The number of β-lactam (4-membered cyclic amide) rings is 1. The third-order valence-electron chi connectivity index (χ3n) is 5.07. The second-order valence-corrected chi connectivity index (χ2v) is 8.05. The van der Waals surface area contributed by atoms with Crippen LogP contribution in [0, 0.1) is 5.92 Å². The Morgan fingerprint density at radius 2 is 2.03 bits per heavy atom. The number of benzene rings is 1. The third kappa shape index (κ3) is 3.82. The zero-order chi connectivity index (χ0) is 21.2. The van der Waals surface area contributed by atoms with Crippen LogP contribution in [0.3, 0.4) is 0 Å². The number of ether oxygens (including phenoxy) is 2. The molecule has 154 valence electrons. The van der Waals surface area contributed by atoms with E-state index >= 15 is 0 Å². The van der Waals surface area contributed by atoms with Gasteiger partial charge in [-0.25, -0.2) is 4.79 Å². The van der Waals surface area contributed by atoms with Crippen molar-refractivity contribution in [1.82, 2.24) is 4.90 Å². The fourth-order valence-corrected chi connectivity index (χ4v) is 4.81. The molecule has 1 aromatic rings. The lowest BCUT2D eigenvalue weighted by molar-refractivity contribution is -0.184. The van der Waals surface area contributed by atoms with Crippen LogP contribution in [0.25, 0.3) is 0 Å². The van der Waals surface area contributed by atoms with Gasteiger partial charge in [0, 0.05) is 24.2 Å². The van der Waals surface area contributed by atoms with E-state index in [1.165, 1.54) is 29.7 Å². The van der Waals surface area contributed by atoms with Crippen molar-refractivity contribution < 1.29 is 29.0 Å². The second kappa shape index (κ2) is 8.42. The van der Waals surface area contributed by atoms with E-state index in [-0.39, 0.29) is 18.9 Å². The minimum atomic E-state index is -1.63. The third-order valence-corrected chi connectivity index (χ3v) is 6.47. The molecule has 2 heterocycles. The van der Waals surface area contributed by atoms with E-state index in [9.17, 15) is 19.5 Å². The van der Waals surface area contributed by atoms with Gasteiger partial charge in [-0.05, 0) is 5.56 Å². The van der Waals surface area contributed by atoms with E-state index < -0.39 is 34.7 Å². The van der Waals surface area contributed by atoms with Crippen molar-refractivity contribution in [3.8, 4) is 0 Å². The van der Waals surface area contributed by atoms with Gasteiger partial charge in [-0.3, -0.25) is 14.5 Å². The Morgan fingerprint density at radius 1 is 1.34 bits per heavy atom. The van der Waals surface area contributed by atoms with Crippen molar-refractivity contribution in [3.63, 3.8) is 0 Å². The van der Waals surface area contributed by atoms with E-state index in [0.29, 0.717) is 11.3 Å². The van der Waals surface area contributed by atoms with Gasteiger partial charge in [-0.1, -0.05) is 43.3 Å². The molecule has 1 N–H and O–H groups in total. The van der Waals surface area contributed by atoms with Crippen molar-refractivity contribution in [2.75, 3.05) is 12.4 Å². The molecule has 29 heavy (non-hydrogen) atoms. The first-order chi connectivity index (χ1) is 13.8. The van der Waals surface area contributed by atoms with E-state index in [2.05, 4.69) is 6.58 Å². The van der Waals surface area contributed by atoms with Gasteiger partial charge >= 0.3 is 11.9 Å². The summed E-state index contributed by atoms with van der Waals surface area (Å²) in [6, 6.07) is 9.16. The lowest BCUT2D eigenvalue weighted by Crippen LogP contribution is -2.75. The average Bonchev–Trinajstić information content (AvgIpc) is 2.74. The largest absolute Gasteiger partial charge is 0.461 e. The normalized spacial score (nSPS) is 24.3. The number of carbonyl (C=O) groups excluding carboxylic acids is 3. The zero-order valence-corrected chi connectivity index (χ0v) is 17.1. The van der Waals surface area contributed by atoms with Crippen molar-refractivity contribution in [2.45, 2.75) is 31.4 Å². The van der Waals surface area contributed by atoms with Crippen molar-refractivity contribution in [2.24, 2.45) is 5.92 Å². The number of carbonyl (C=O) groups is 3. The maximum Gasteiger partial charge on any atom is 0.355 e. The van der Waals surface area contributed by atoms with Crippen LogP contribution in [-0.4, -0.2) is 51.2 Å². The molecule has 0 aromatic heterocycles. The molecular weight excluding hydrogens is 394 g/mol. The molecule has 1 aromatic carbocycles. The molecule has 7 nitrogen and oxygen atoms in total. The summed E-state index contributed by atoms with van der Waals surface area (Å²) in [7, 11) is 0. The summed E-state index contributed by atoms with van der Waals surface area (Å²) in [6.45, 7) is 6.55. The first-order valence-electron chi connectivity index (χ1n) is 9.17. The van der Waals surface area contributed by atoms with Crippen LogP contribution in [0.4, 0.5) is 0 Å². The highest BCUT2D eigenvalue weighted by atomic mass is 32.2. The van der Waals surface area contributed by atoms with Gasteiger partial charge in [0.2, 0.25) is 0 Å². The molecule has 0 aliphatic carbocycles. The highest BCUT2D eigenvalue weighted by Gasteiger charge is 2.65. The molecular formula is C21H23NO6S. The van der Waals surface area contributed by atoms with Crippen LogP contribution in [0.2, 0.25) is 0 Å². The second-order valence-electron chi connectivity index (χ2n) is 6.98. The summed E-state index contributed by atoms with van der Waals surface area (Å²) < 4.78 is 10.5. The Balaban J connectivity index is 1.87. The smallest absolute Gasteiger partial charge is 0.355 e. The monoisotopic (exact) mass is 417 g/mol. The lowest BCUT2D eigenvalue weighted by Gasteiger charge is -2.56.